The number of hydrogen-bond acceptors (Lipinski definition) is 4. The number of nitrogens with one attached hydrogen (secondary N) is 3. The number of rotatable bonds is 4. The molecule has 1 saturated carbocycles. The Bertz CT molecular complexity index is 1060. The summed E-state index contributed by atoms with van der Waals surface area (Å²) in [5.41, 5.74) is 3.54. The van der Waals surface area contributed by atoms with E-state index in [1.807, 2.05) is 24.4 Å². The number of H-pyrrole nitrogens is 2. The Kier molecular flexibility index (Phi) is 4.27. The molecule has 7 nitrogen and oxygen atoms in total. The van der Waals surface area contributed by atoms with Crippen LogP contribution in [-0.4, -0.2) is 33.7 Å². The van der Waals surface area contributed by atoms with Crippen LogP contribution in [0.4, 0.5) is 5.82 Å². The van der Waals surface area contributed by atoms with Crippen LogP contribution in [0.3, 0.4) is 0 Å². The number of aromatic nitrogens is 4. The van der Waals surface area contributed by atoms with Crippen LogP contribution in [-0.2, 0) is 4.79 Å². The zero-order chi connectivity index (χ0) is 17.9. The number of aromatic amines is 2. The SMILES string of the molecule is C1CC1.COc1cc2cn[nH]c2cc1-c1c[nH]c2nc(NC=O)ccc12. The summed E-state index contributed by atoms with van der Waals surface area (Å²) in [6.07, 6.45) is 8.74. The number of carbonyl (C=O) groups is 1. The first-order chi connectivity index (χ1) is 12.8. The fourth-order valence-electron chi connectivity index (χ4n) is 2.72. The van der Waals surface area contributed by atoms with Gasteiger partial charge in [-0.05, 0) is 24.3 Å². The first-order valence-corrected chi connectivity index (χ1v) is 8.50. The lowest BCUT2D eigenvalue weighted by Crippen LogP contribution is -1.96. The fraction of sp³-hybridized carbons (Fsp3) is 0.211. The van der Waals surface area contributed by atoms with Gasteiger partial charge in [0.2, 0.25) is 6.41 Å². The number of anilines is 1. The molecule has 26 heavy (non-hydrogen) atoms. The van der Waals surface area contributed by atoms with Crippen molar-refractivity contribution in [1.29, 1.82) is 0 Å². The van der Waals surface area contributed by atoms with E-state index >= 15 is 0 Å². The lowest BCUT2D eigenvalue weighted by Gasteiger charge is -2.08. The molecular weight excluding hydrogens is 330 g/mol. The summed E-state index contributed by atoms with van der Waals surface area (Å²) in [7, 11) is 1.64. The molecule has 0 aliphatic heterocycles. The number of hydrogen-bond donors (Lipinski definition) is 3. The van der Waals surface area contributed by atoms with Crippen molar-refractivity contribution in [2.45, 2.75) is 19.3 Å². The van der Waals surface area contributed by atoms with Crippen molar-refractivity contribution in [1.82, 2.24) is 20.2 Å². The number of nitrogens with zero attached hydrogens (tertiary/aromatic N) is 2. The quantitative estimate of drug-likeness (QED) is 0.488. The number of carbonyl (C=O) groups excluding carboxylic acids is 1. The molecule has 0 bridgehead atoms. The molecule has 0 saturated heterocycles. The van der Waals surface area contributed by atoms with Gasteiger partial charge in [-0.25, -0.2) is 4.98 Å². The molecule has 3 aromatic heterocycles. The second-order valence-corrected chi connectivity index (χ2v) is 6.13. The maximum absolute atomic E-state index is 10.5. The van der Waals surface area contributed by atoms with Gasteiger partial charge in [0, 0.05) is 28.1 Å². The smallest absolute Gasteiger partial charge is 0.212 e. The van der Waals surface area contributed by atoms with E-state index in [-0.39, 0.29) is 0 Å². The molecule has 0 spiro atoms. The Morgan fingerprint density at radius 1 is 1.19 bits per heavy atom. The summed E-state index contributed by atoms with van der Waals surface area (Å²) < 4.78 is 5.52. The molecule has 0 unspecified atom stereocenters. The maximum Gasteiger partial charge on any atom is 0.212 e. The lowest BCUT2D eigenvalue weighted by atomic mass is 10.0. The number of amides is 1. The van der Waals surface area contributed by atoms with Gasteiger partial charge >= 0.3 is 0 Å². The number of benzene rings is 1. The van der Waals surface area contributed by atoms with Crippen LogP contribution in [0.1, 0.15) is 19.3 Å². The van der Waals surface area contributed by atoms with Crippen LogP contribution < -0.4 is 10.1 Å². The van der Waals surface area contributed by atoms with Crippen molar-refractivity contribution < 1.29 is 9.53 Å². The van der Waals surface area contributed by atoms with Crippen molar-refractivity contribution >= 4 is 34.2 Å². The zero-order valence-corrected chi connectivity index (χ0v) is 14.4. The molecule has 1 fully saturated rings. The lowest BCUT2D eigenvalue weighted by molar-refractivity contribution is -0.105. The van der Waals surface area contributed by atoms with Crippen LogP contribution in [0.25, 0.3) is 33.1 Å². The van der Waals surface area contributed by atoms with E-state index in [1.54, 1.807) is 19.4 Å². The summed E-state index contributed by atoms with van der Waals surface area (Å²) >= 11 is 0. The highest BCUT2D eigenvalue weighted by atomic mass is 16.5. The molecule has 0 atom stereocenters. The molecule has 0 radical (unpaired) electrons. The molecule has 5 rings (SSSR count). The standard InChI is InChI=1S/C16H13N5O2.C3H6/c1-23-14-4-9-6-19-21-13(9)5-11(14)12-7-17-16-10(12)2-3-15(20-16)18-8-22;1-2-3-1/h2-8H,1H3,(H,19,21)(H2,17,18,20,22);1-3H2. The van der Waals surface area contributed by atoms with Crippen molar-refractivity contribution in [2.75, 3.05) is 12.4 Å². The van der Waals surface area contributed by atoms with Crippen LogP contribution in [0.2, 0.25) is 0 Å². The minimum Gasteiger partial charge on any atom is -0.496 e. The molecule has 1 amide bonds. The summed E-state index contributed by atoms with van der Waals surface area (Å²) in [6.45, 7) is 0. The molecule has 1 aliphatic rings. The van der Waals surface area contributed by atoms with Gasteiger partial charge in [0.15, 0.2) is 0 Å². The van der Waals surface area contributed by atoms with E-state index in [0.29, 0.717) is 17.9 Å². The van der Waals surface area contributed by atoms with Crippen molar-refractivity contribution in [2.24, 2.45) is 0 Å². The van der Waals surface area contributed by atoms with Crippen LogP contribution >= 0.6 is 0 Å². The van der Waals surface area contributed by atoms with Crippen molar-refractivity contribution in [3.05, 3.63) is 36.7 Å². The second-order valence-electron chi connectivity index (χ2n) is 6.13. The molecule has 1 aromatic carbocycles. The highest BCUT2D eigenvalue weighted by Gasteiger charge is 2.14. The Balaban J connectivity index is 0.000000510. The van der Waals surface area contributed by atoms with E-state index < -0.39 is 0 Å². The maximum atomic E-state index is 10.5. The third-order valence-corrected chi connectivity index (χ3v) is 4.15. The van der Waals surface area contributed by atoms with Gasteiger partial charge in [-0.2, -0.15) is 5.10 Å². The summed E-state index contributed by atoms with van der Waals surface area (Å²) in [4.78, 5) is 18.0. The minimum absolute atomic E-state index is 0.497. The number of ether oxygens (including phenoxy) is 1. The molecule has 3 heterocycles. The Labute approximate surface area is 149 Å². The Hall–Kier alpha value is -3.35. The van der Waals surface area contributed by atoms with E-state index in [2.05, 4.69) is 25.5 Å². The molecule has 1 aliphatic carbocycles. The molecular formula is C19H19N5O2. The van der Waals surface area contributed by atoms with Crippen molar-refractivity contribution in [3.8, 4) is 16.9 Å². The molecule has 7 heteroatoms. The van der Waals surface area contributed by atoms with Gasteiger partial charge in [0.05, 0.1) is 18.8 Å². The Morgan fingerprint density at radius 3 is 2.77 bits per heavy atom. The number of methoxy groups -OCH3 is 1. The predicted octanol–water partition coefficient (Wildman–Crippen LogP) is 3.85. The van der Waals surface area contributed by atoms with E-state index in [1.165, 1.54) is 19.3 Å². The van der Waals surface area contributed by atoms with Gasteiger partial charge in [-0.3, -0.25) is 9.89 Å². The van der Waals surface area contributed by atoms with Gasteiger partial charge in [-0.1, -0.05) is 19.3 Å². The largest absolute Gasteiger partial charge is 0.496 e. The first-order valence-electron chi connectivity index (χ1n) is 8.50. The summed E-state index contributed by atoms with van der Waals surface area (Å²) in [5.74, 6) is 1.26. The highest BCUT2D eigenvalue weighted by molar-refractivity contribution is 5.99. The predicted molar refractivity (Wildman–Crippen MR) is 101 cm³/mol. The van der Waals surface area contributed by atoms with Gasteiger partial charge in [0.25, 0.3) is 0 Å². The van der Waals surface area contributed by atoms with Gasteiger partial charge in [0.1, 0.15) is 17.2 Å². The van der Waals surface area contributed by atoms with E-state index in [4.69, 9.17) is 4.74 Å². The fourth-order valence-corrected chi connectivity index (χ4v) is 2.72. The summed E-state index contributed by atoms with van der Waals surface area (Å²) in [6, 6.07) is 7.62. The van der Waals surface area contributed by atoms with E-state index in [9.17, 15) is 4.79 Å². The van der Waals surface area contributed by atoms with Gasteiger partial charge < -0.3 is 15.0 Å². The average molecular weight is 349 g/mol. The monoisotopic (exact) mass is 349 g/mol. The van der Waals surface area contributed by atoms with Crippen LogP contribution in [0.15, 0.2) is 36.7 Å². The van der Waals surface area contributed by atoms with Crippen molar-refractivity contribution in [3.63, 3.8) is 0 Å². The van der Waals surface area contributed by atoms with E-state index in [0.717, 1.165) is 33.2 Å². The third kappa shape index (κ3) is 3.11. The van der Waals surface area contributed by atoms with Crippen LogP contribution in [0.5, 0.6) is 5.75 Å². The summed E-state index contributed by atoms with van der Waals surface area (Å²) in [5, 5.41) is 11.5. The van der Waals surface area contributed by atoms with Crippen LogP contribution in [0, 0.1) is 0 Å². The molecule has 4 aromatic rings. The Morgan fingerprint density at radius 2 is 2.04 bits per heavy atom. The number of fused-ring (bicyclic) bond motifs is 2. The zero-order valence-electron chi connectivity index (χ0n) is 14.4. The molecule has 132 valence electrons. The van der Waals surface area contributed by atoms with Gasteiger partial charge in [-0.15, -0.1) is 0 Å². The topological polar surface area (TPSA) is 95.7 Å². The second kappa shape index (κ2) is 6.87. The average Bonchev–Trinajstić information content (AvgIpc) is 3.38. The number of pyridine rings is 1. The highest BCUT2D eigenvalue weighted by Crippen LogP contribution is 2.37. The minimum atomic E-state index is 0.497. The first kappa shape index (κ1) is 16.1. The normalized spacial score (nSPS) is 12.5. The molecule has 3 N–H and O–H groups in total. The third-order valence-electron chi connectivity index (χ3n) is 4.15.